The molecule has 7 nitrogen and oxygen atoms in total. The molecule has 3 heterocycles. The number of aromatic nitrogens is 2. The van der Waals surface area contributed by atoms with Crippen LogP contribution in [0.25, 0.3) is 5.69 Å². The lowest BCUT2D eigenvalue weighted by atomic mass is 9.95. The van der Waals surface area contributed by atoms with Crippen molar-refractivity contribution in [2.75, 3.05) is 37.6 Å². The standard InChI is InChI=1S/C15H16FN5O2/c16-11-1-3-12(4-2-11)20-5-13(17)14(19-20)18-15(22)10-6-21(7-10)8-23-9-21/h1-5,10H,6-9,17H2/p+1. The Morgan fingerprint density at radius 3 is 2.65 bits per heavy atom. The third-order valence-corrected chi connectivity index (χ3v) is 4.39. The predicted molar refractivity (Wildman–Crippen MR) is 80.9 cm³/mol. The van der Waals surface area contributed by atoms with E-state index in [1.807, 2.05) is 0 Å². The van der Waals surface area contributed by atoms with Crippen LogP contribution >= 0.6 is 0 Å². The summed E-state index contributed by atoms with van der Waals surface area (Å²) < 4.78 is 20.5. The number of ether oxygens (including phenoxy) is 1. The Bertz CT molecular complexity index is 746. The zero-order valence-electron chi connectivity index (χ0n) is 12.4. The summed E-state index contributed by atoms with van der Waals surface area (Å²) in [5.41, 5.74) is 6.96. The fourth-order valence-corrected chi connectivity index (χ4v) is 3.04. The van der Waals surface area contributed by atoms with Crippen molar-refractivity contribution in [2.45, 2.75) is 0 Å². The van der Waals surface area contributed by atoms with E-state index in [4.69, 9.17) is 10.5 Å². The van der Waals surface area contributed by atoms with Crippen LogP contribution in [-0.2, 0) is 9.53 Å². The first kappa shape index (κ1) is 14.2. The number of quaternary nitrogens is 1. The predicted octanol–water partition coefficient (Wildman–Crippen LogP) is 0.924. The van der Waals surface area contributed by atoms with Gasteiger partial charge in [0.1, 0.15) is 11.7 Å². The molecule has 2 aliphatic heterocycles. The van der Waals surface area contributed by atoms with Crippen LogP contribution in [0.5, 0.6) is 0 Å². The SMILES string of the molecule is Nc1cn(-c2ccc(F)cc2)nc1NC(=O)C1C[N+]2(COC2)C1. The van der Waals surface area contributed by atoms with Crippen molar-refractivity contribution in [3.8, 4) is 5.69 Å². The van der Waals surface area contributed by atoms with Gasteiger partial charge >= 0.3 is 0 Å². The van der Waals surface area contributed by atoms with E-state index in [-0.39, 0.29) is 17.6 Å². The van der Waals surface area contributed by atoms with Crippen molar-refractivity contribution in [1.82, 2.24) is 9.78 Å². The number of nitrogens with two attached hydrogens (primary N) is 1. The first-order valence-corrected chi connectivity index (χ1v) is 7.39. The van der Waals surface area contributed by atoms with Crippen LogP contribution in [0.1, 0.15) is 0 Å². The molecule has 0 radical (unpaired) electrons. The van der Waals surface area contributed by atoms with E-state index in [0.717, 1.165) is 17.6 Å². The summed E-state index contributed by atoms with van der Waals surface area (Å²) >= 11 is 0. The maximum absolute atomic E-state index is 13.0. The molecule has 0 bridgehead atoms. The zero-order valence-corrected chi connectivity index (χ0v) is 12.4. The Hall–Kier alpha value is -2.45. The van der Waals surface area contributed by atoms with Crippen LogP contribution in [0.15, 0.2) is 30.5 Å². The van der Waals surface area contributed by atoms with E-state index in [9.17, 15) is 9.18 Å². The number of amides is 1. The van der Waals surface area contributed by atoms with Crippen LogP contribution in [0.4, 0.5) is 15.9 Å². The third kappa shape index (κ3) is 2.45. The second-order valence-corrected chi connectivity index (χ2v) is 6.21. The molecule has 1 spiro atoms. The van der Waals surface area contributed by atoms with Gasteiger partial charge in [-0.25, -0.2) is 9.07 Å². The van der Waals surface area contributed by atoms with Gasteiger partial charge in [-0.3, -0.25) is 14.0 Å². The molecule has 2 aliphatic rings. The van der Waals surface area contributed by atoms with Gasteiger partial charge < -0.3 is 11.1 Å². The summed E-state index contributed by atoms with van der Waals surface area (Å²) in [5, 5.41) is 7.05. The van der Waals surface area contributed by atoms with Gasteiger partial charge in [0.2, 0.25) is 5.91 Å². The molecule has 1 amide bonds. The largest absolute Gasteiger partial charge is 0.394 e. The van der Waals surface area contributed by atoms with Gasteiger partial charge in [-0.15, -0.1) is 5.10 Å². The number of anilines is 2. The minimum absolute atomic E-state index is 0.0331. The molecule has 2 aromatic rings. The summed E-state index contributed by atoms with van der Waals surface area (Å²) in [6.45, 7) is 2.99. The lowest BCUT2D eigenvalue weighted by Crippen LogP contribution is -2.73. The second-order valence-electron chi connectivity index (χ2n) is 6.21. The topological polar surface area (TPSA) is 82.2 Å². The summed E-state index contributed by atoms with van der Waals surface area (Å²) in [4.78, 5) is 12.2. The normalized spacial score (nSPS) is 19.2. The number of hydrogen-bond acceptors (Lipinski definition) is 4. The maximum Gasteiger partial charge on any atom is 0.240 e. The van der Waals surface area contributed by atoms with Crippen LogP contribution < -0.4 is 11.1 Å². The van der Waals surface area contributed by atoms with Gasteiger partial charge in [-0.2, -0.15) is 0 Å². The maximum atomic E-state index is 13.0. The Morgan fingerprint density at radius 1 is 1.35 bits per heavy atom. The average Bonchev–Trinajstić information content (AvgIpc) is 2.78. The number of nitrogens with zero attached hydrogens (tertiary/aromatic N) is 3. The monoisotopic (exact) mass is 318 g/mol. The Balaban J connectivity index is 1.45. The molecule has 120 valence electrons. The number of nitrogen functional groups attached to an aromatic ring is 1. The molecular weight excluding hydrogens is 301 g/mol. The highest BCUT2D eigenvalue weighted by Gasteiger charge is 2.52. The Morgan fingerprint density at radius 2 is 2.04 bits per heavy atom. The zero-order chi connectivity index (χ0) is 16.0. The minimum atomic E-state index is -0.320. The molecule has 4 rings (SSSR count). The van der Waals surface area contributed by atoms with Crippen molar-refractivity contribution in [1.29, 1.82) is 0 Å². The summed E-state index contributed by atoms with van der Waals surface area (Å²) in [7, 11) is 0. The van der Waals surface area contributed by atoms with Crippen LogP contribution in [0, 0.1) is 11.7 Å². The highest BCUT2D eigenvalue weighted by molar-refractivity contribution is 5.94. The average molecular weight is 318 g/mol. The fourth-order valence-electron chi connectivity index (χ4n) is 3.04. The quantitative estimate of drug-likeness (QED) is 0.825. The Kier molecular flexibility index (Phi) is 3.10. The first-order valence-electron chi connectivity index (χ1n) is 7.39. The number of carbonyl (C=O) groups excluding carboxylic acids is 1. The van der Waals surface area contributed by atoms with Crippen molar-refractivity contribution in [2.24, 2.45) is 5.92 Å². The molecule has 1 aromatic carbocycles. The van der Waals surface area contributed by atoms with Crippen molar-refractivity contribution < 1.29 is 18.4 Å². The number of nitrogens with one attached hydrogen (secondary N) is 1. The third-order valence-electron chi connectivity index (χ3n) is 4.39. The van der Waals surface area contributed by atoms with Crippen molar-refractivity contribution >= 4 is 17.4 Å². The van der Waals surface area contributed by atoms with E-state index in [1.54, 1.807) is 18.3 Å². The lowest BCUT2D eigenvalue weighted by Gasteiger charge is -2.53. The highest BCUT2D eigenvalue weighted by atomic mass is 19.1. The molecule has 23 heavy (non-hydrogen) atoms. The summed E-state index contributed by atoms with van der Waals surface area (Å²) in [6, 6.07) is 5.88. The number of carbonyl (C=O) groups is 1. The molecule has 3 N–H and O–H groups in total. The van der Waals surface area contributed by atoms with E-state index in [1.165, 1.54) is 16.8 Å². The van der Waals surface area contributed by atoms with Gasteiger partial charge in [0.05, 0.1) is 30.7 Å². The number of hydrogen-bond donors (Lipinski definition) is 2. The van der Waals surface area contributed by atoms with E-state index in [0.29, 0.717) is 30.7 Å². The first-order chi connectivity index (χ1) is 11.0. The van der Waals surface area contributed by atoms with Crippen LogP contribution in [0.3, 0.4) is 0 Å². The molecule has 8 heteroatoms. The molecule has 2 fully saturated rings. The smallest absolute Gasteiger partial charge is 0.240 e. The molecule has 0 saturated carbocycles. The Labute approximate surface area is 132 Å². The van der Waals surface area contributed by atoms with Crippen LogP contribution in [0.2, 0.25) is 0 Å². The number of rotatable bonds is 3. The van der Waals surface area contributed by atoms with Crippen LogP contribution in [-0.4, -0.2) is 46.7 Å². The minimum Gasteiger partial charge on any atom is -0.394 e. The highest BCUT2D eigenvalue weighted by Crippen LogP contribution is 2.32. The molecular formula is C15H17FN5O2+. The van der Waals surface area contributed by atoms with Gasteiger partial charge in [-0.1, -0.05) is 0 Å². The van der Waals surface area contributed by atoms with Gasteiger partial charge in [0.15, 0.2) is 19.3 Å². The molecule has 2 saturated heterocycles. The number of benzene rings is 1. The van der Waals surface area contributed by atoms with E-state index < -0.39 is 0 Å². The summed E-state index contributed by atoms with van der Waals surface area (Å²) in [6.07, 6.45) is 1.60. The molecule has 0 unspecified atom stereocenters. The van der Waals surface area contributed by atoms with Gasteiger partial charge in [0, 0.05) is 0 Å². The molecule has 1 aromatic heterocycles. The molecule has 0 aliphatic carbocycles. The fraction of sp³-hybridized carbons (Fsp3) is 0.333. The lowest BCUT2D eigenvalue weighted by molar-refractivity contribution is -1.06. The van der Waals surface area contributed by atoms with Crippen molar-refractivity contribution in [3.63, 3.8) is 0 Å². The second kappa shape index (κ2) is 5.04. The van der Waals surface area contributed by atoms with E-state index >= 15 is 0 Å². The van der Waals surface area contributed by atoms with Gasteiger partial charge in [-0.05, 0) is 24.3 Å². The molecule has 0 atom stereocenters. The van der Waals surface area contributed by atoms with Crippen molar-refractivity contribution in [3.05, 3.63) is 36.3 Å². The van der Waals surface area contributed by atoms with E-state index in [2.05, 4.69) is 10.4 Å². The number of halogens is 1. The summed E-state index contributed by atoms with van der Waals surface area (Å²) in [5.74, 6) is -0.0944. The van der Waals surface area contributed by atoms with Gasteiger partial charge in [0.25, 0.3) is 0 Å².